The van der Waals surface area contributed by atoms with Crippen molar-refractivity contribution in [1.82, 2.24) is 14.7 Å². The van der Waals surface area contributed by atoms with Gasteiger partial charge in [0.25, 0.3) is 0 Å². The number of amides is 1. The van der Waals surface area contributed by atoms with E-state index in [4.69, 9.17) is 5.73 Å². The number of benzene rings is 1. The van der Waals surface area contributed by atoms with Gasteiger partial charge in [0.15, 0.2) is 9.84 Å². The fraction of sp³-hybridized carbons (Fsp3) is 0.467. The number of carbonyl (C=O) groups is 1. The summed E-state index contributed by atoms with van der Waals surface area (Å²) in [5.74, 6) is -0.220. The van der Waals surface area contributed by atoms with E-state index in [9.17, 15) is 13.2 Å². The molecule has 1 aromatic heterocycles. The molecule has 2 aliphatic rings. The fourth-order valence-corrected chi connectivity index (χ4v) is 5.95. The highest BCUT2D eigenvalue weighted by Crippen LogP contribution is 2.33. The normalized spacial score (nSPS) is 27.9. The van der Waals surface area contributed by atoms with Crippen molar-refractivity contribution in [3.05, 3.63) is 30.5 Å². The minimum Gasteiger partial charge on any atom is -0.339 e. The summed E-state index contributed by atoms with van der Waals surface area (Å²) in [6.45, 7) is 0.782. The maximum atomic E-state index is 12.5. The van der Waals surface area contributed by atoms with Crippen molar-refractivity contribution in [3.8, 4) is 0 Å². The van der Waals surface area contributed by atoms with Gasteiger partial charge in [-0.3, -0.25) is 9.48 Å². The van der Waals surface area contributed by atoms with Gasteiger partial charge in [0, 0.05) is 30.4 Å². The van der Waals surface area contributed by atoms with Crippen molar-refractivity contribution >= 4 is 39.1 Å². The van der Waals surface area contributed by atoms with Gasteiger partial charge in [-0.1, -0.05) is 18.2 Å². The third kappa shape index (κ3) is 2.68. The molecule has 0 radical (unpaired) electrons. The molecule has 2 aliphatic heterocycles. The lowest BCUT2D eigenvalue weighted by atomic mass is 10.0. The van der Waals surface area contributed by atoms with Crippen LogP contribution in [0.5, 0.6) is 0 Å². The van der Waals surface area contributed by atoms with Crippen LogP contribution in [-0.2, 0) is 21.2 Å². The van der Waals surface area contributed by atoms with Crippen LogP contribution in [0.1, 0.15) is 0 Å². The van der Waals surface area contributed by atoms with Crippen LogP contribution >= 0.6 is 12.4 Å². The molecule has 7 nitrogen and oxygen atoms in total. The fourth-order valence-electron chi connectivity index (χ4n) is 3.69. The van der Waals surface area contributed by atoms with Crippen molar-refractivity contribution in [2.75, 3.05) is 18.8 Å². The van der Waals surface area contributed by atoms with E-state index < -0.39 is 15.1 Å². The lowest BCUT2D eigenvalue weighted by molar-refractivity contribution is -0.131. The number of sulfone groups is 1. The Morgan fingerprint density at radius 1 is 1.29 bits per heavy atom. The number of nitrogens with zero attached hydrogens (tertiary/aromatic N) is 3. The Kier molecular flexibility index (Phi) is 4.31. The van der Waals surface area contributed by atoms with Gasteiger partial charge >= 0.3 is 0 Å². The molecule has 3 atom stereocenters. The van der Waals surface area contributed by atoms with Gasteiger partial charge in [-0.05, 0) is 6.07 Å². The lowest BCUT2D eigenvalue weighted by Gasteiger charge is -2.18. The summed E-state index contributed by atoms with van der Waals surface area (Å²) in [6, 6.07) is 7.30. The van der Waals surface area contributed by atoms with Crippen LogP contribution in [0.2, 0.25) is 0 Å². The first-order chi connectivity index (χ1) is 11.0. The van der Waals surface area contributed by atoms with E-state index in [1.807, 2.05) is 24.3 Å². The van der Waals surface area contributed by atoms with Gasteiger partial charge in [0.2, 0.25) is 5.91 Å². The van der Waals surface area contributed by atoms with Gasteiger partial charge in [-0.25, -0.2) is 8.42 Å². The molecular weight excluding hydrogens is 352 g/mol. The smallest absolute Gasteiger partial charge is 0.244 e. The van der Waals surface area contributed by atoms with Crippen molar-refractivity contribution in [2.24, 2.45) is 11.7 Å². The van der Waals surface area contributed by atoms with Crippen LogP contribution in [-0.4, -0.2) is 59.1 Å². The summed E-state index contributed by atoms with van der Waals surface area (Å²) < 4.78 is 25.8. The number of rotatable bonds is 2. The molecule has 130 valence electrons. The van der Waals surface area contributed by atoms with E-state index in [0.29, 0.717) is 6.54 Å². The molecule has 0 saturated carbocycles. The van der Waals surface area contributed by atoms with Gasteiger partial charge in [-0.15, -0.1) is 12.4 Å². The molecule has 4 rings (SSSR count). The maximum Gasteiger partial charge on any atom is 0.244 e. The molecule has 0 spiro atoms. The zero-order valence-electron chi connectivity index (χ0n) is 12.9. The first-order valence-electron chi connectivity index (χ1n) is 7.61. The van der Waals surface area contributed by atoms with Crippen LogP contribution in [0.15, 0.2) is 30.5 Å². The molecule has 1 amide bonds. The van der Waals surface area contributed by atoms with E-state index in [-0.39, 0.29) is 49.1 Å². The van der Waals surface area contributed by atoms with Crippen molar-refractivity contribution in [3.63, 3.8) is 0 Å². The number of hydrogen-bond acceptors (Lipinski definition) is 5. The summed E-state index contributed by atoms with van der Waals surface area (Å²) >= 11 is 0. The van der Waals surface area contributed by atoms with E-state index in [2.05, 4.69) is 5.10 Å². The average molecular weight is 371 g/mol. The number of para-hydroxylation sites is 1. The summed E-state index contributed by atoms with van der Waals surface area (Å²) in [6.07, 6.45) is 1.72. The first kappa shape index (κ1) is 17.2. The highest BCUT2D eigenvalue weighted by atomic mass is 35.5. The molecule has 24 heavy (non-hydrogen) atoms. The Morgan fingerprint density at radius 3 is 2.79 bits per heavy atom. The molecule has 2 saturated heterocycles. The summed E-state index contributed by atoms with van der Waals surface area (Å²) in [5.41, 5.74) is 6.83. The van der Waals surface area contributed by atoms with Crippen molar-refractivity contribution < 1.29 is 13.2 Å². The molecule has 2 N–H and O–H groups in total. The number of aromatic nitrogens is 2. The minimum absolute atomic E-state index is 0. The first-order valence-corrected chi connectivity index (χ1v) is 9.33. The third-order valence-electron chi connectivity index (χ3n) is 4.93. The number of carbonyl (C=O) groups excluding carboxylic acids is 1. The molecule has 0 unspecified atom stereocenters. The number of fused-ring (bicyclic) bond motifs is 2. The van der Waals surface area contributed by atoms with Gasteiger partial charge in [-0.2, -0.15) is 5.10 Å². The molecule has 1 aromatic carbocycles. The lowest BCUT2D eigenvalue weighted by Crippen LogP contribution is -2.37. The number of likely N-dealkylation sites (tertiary alicyclic amines) is 1. The maximum absolute atomic E-state index is 12.5. The van der Waals surface area contributed by atoms with Crippen LogP contribution < -0.4 is 5.73 Å². The molecule has 0 aliphatic carbocycles. The van der Waals surface area contributed by atoms with E-state index in [1.165, 1.54) is 0 Å². The van der Waals surface area contributed by atoms with Crippen molar-refractivity contribution in [2.45, 2.75) is 17.8 Å². The van der Waals surface area contributed by atoms with Gasteiger partial charge < -0.3 is 10.6 Å². The second-order valence-electron chi connectivity index (χ2n) is 6.36. The van der Waals surface area contributed by atoms with Crippen LogP contribution in [0.3, 0.4) is 0 Å². The second kappa shape index (κ2) is 6.02. The number of nitrogens with two attached hydrogens (primary N) is 1. The zero-order valence-corrected chi connectivity index (χ0v) is 14.5. The van der Waals surface area contributed by atoms with E-state index >= 15 is 0 Å². The van der Waals surface area contributed by atoms with Crippen molar-refractivity contribution in [1.29, 1.82) is 0 Å². The molecule has 0 bridgehead atoms. The summed E-state index contributed by atoms with van der Waals surface area (Å²) in [4.78, 5) is 14.1. The Labute approximate surface area is 146 Å². The Balaban J connectivity index is 0.00000169. The molecule has 3 heterocycles. The molecule has 9 heteroatoms. The van der Waals surface area contributed by atoms with Gasteiger partial charge in [0.05, 0.1) is 22.7 Å². The Hall–Kier alpha value is -1.64. The predicted molar refractivity (Wildman–Crippen MR) is 92.6 cm³/mol. The topological polar surface area (TPSA) is 98.3 Å². The predicted octanol–water partition coefficient (Wildman–Crippen LogP) is 0.0408. The number of hydrogen-bond donors (Lipinski definition) is 1. The standard InChI is InChI=1S/C15H18N4O3S.ClH/c16-12-9-23(21,22)14-7-18(6-11(12)14)15(20)8-19-13-4-2-1-3-10(13)5-17-19;/h1-5,11-12,14H,6-9,16H2;1H/t11-,12+,14-;/m0./s1. The summed E-state index contributed by atoms with van der Waals surface area (Å²) in [7, 11) is -3.18. The average Bonchev–Trinajstić information content (AvgIpc) is 3.16. The second-order valence-corrected chi connectivity index (χ2v) is 8.62. The third-order valence-corrected chi connectivity index (χ3v) is 7.20. The highest BCUT2D eigenvalue weighted by molar-refractivity contribution is 7.92. The summed E-state index contributed by atoms with van der Waals surface area (Å²) in [5, 5.41) is 4.72. The van der Waals surface area contributed by atoms with E-state index in [0.717, 1.165) is 10.9 Å². The minimum atomic E-state index is -3.18. The SMILES string of the molecule is Cl.N[C@@H]1CS(=O)(=O)[C@H]2CN(C(=O)Cn3ncc4ccccc43)C[C@@H]12. The molecule has 2 aromatic rings. The van der Waals surface area contributed by atoms with Gasteiger partial charge in [0.1, 0.15) is 6.54 Å². The molecule has 2 fully saturated rings. The van der Waals surface area contributed by atoms with Crippen LogP contribution in [0.4, 0.5) is 0 Å². The Morgan fingerprint density at radius 2 is 2.04 bits per heavy atom. The van der Waals surface area contributed by atoms with Crippen LogP contribution in [0, 0.1) is 5.92 Å². The molecular formula is C15H19ClN4O3S. The monoisotopic (exact) mass is 370 g/mol. The highest BCUT2D eigenvalue weighted by Gasteiger charge is 2.51. The van der Waals surface area contributed by atoms with Crippen LogP contribution in [0.25, 0.3) is 10.9 Å². The Bertz CT molecular complexity index is 882. The largest absolute Gasteiger partial charge is 0.339 e. The number of halogens is 1. The van der Waals surface area contributed by atoms with E-state index in [1.54, 1.807) is 15.8 Å². The quantitative estimate of drug-likeness (QED) is 0.804. The zero-order chi connectivity index (χ0) is 16.2.